The van der Waals surface area contributed by atoms with E-state index in [4.69, 9.17) is 55.5 Å². The molecule has 0 aliphatic heterocycles. The topological polar surface area (TPSA) is 415 Å². The van der Waals surface area contributed by atoms with Gasteiger partial charge in [-0.3, -0.25) is 0 Å². The highest BCUT2D eigenvalue weighted by atomic mass is 32.2. The Kier molecular flexibility index (Phi) is 14.5. The molecule has 582 valence electrons. The maximum atomic E-state index is 14.4. The van der Waals surface area contributed by atoms with Gasteiger partial charge in [0.15, 0.2) is 66.4 Å². The normalized spacial score (nSPS) is 45.6. The molecule has 6 fully saturated rings. The summed E-state index contributed by atoms with van der Waals surface area (Å²) in [7, 11) is 0. The lowest BCUT2D eigenvalue weighted by Crippen LogP contribution is -2.33. The molecule has 36 heteroatoms. The maximum absolute atomic E-state index is 14.4. The minimum atomic E-state index is -4.38. The lowest BCUT2D eigenvalue weighted by atomic mass is 10.1. The minimum absolute atomic E-state index is 0.0148. The summed E-state index contributed by atoms with van der Waals surface area (Å²) in [6.45, 7) is -6.26. The number of hydrogen-bond donors (Lipinski definition) is 12. The van der Waals surface area contributed by atoms with Gasteiger partial charge in [0.2, 0.25) is 0 Å². The fraction of sp³-hybridized carbons (Fsp3) is 0.583. The maximum Gasteiger partial charge on any atom is 0.191 e. The number of rotatable bonds is 30. The number of aliphatic hydroxyl groups is 9. The van der Waals surface area contributed by atoms with Crippen LogP contribution >= 0.6 is 35.3 Å². The fourth-order valence-corrected chi connectivity index (χ4v) is 12.2. The number of aliphatic hydroxyl groups excluding tert-OH is 2. The van der Waals surface area contributed by atoms with Crippen LogP contribution in [0.1, 0.15) is 198 Å². The van der Waals surface area contributed by atoms with E-state index in [9.17, 15) is 59.1 Å². The molecular weight excluding hydrogens is 1460 g/mol. The molecule has 108 heavy (non-hydrogen) atoms. The highest BCUT2D eigenvalue weighted by molar-refractivity contribution is 7.99. The molecule has 6 aliphatic carbocycles. The van der Waals surface area contributed by atoms with Gasteiger partial charge in [-0.05, 0) is 111 Å². The standard InChI is InChI=1S/3C24H31FN6O4S/c3*1-3-8-36-24-27-22(26-16-10-14(16)13-5-4-12(2)15(25)9-13)19-23(28-24)31(30-29-19)17-11-18(35-7-6-32)21(34)20(17)33/h3*4-5,9,14,16-18,20-21,32-34H,3,6-8,10-11H2,1-2H3,(H,26,27,28)/t3*14-,16+,17+,18-,20-,21+/m000/s1/i3D2,6D2,7D2,8D2,11D2,14D,17D,18D,20D,21D;3D2,7D2,8D2,11D2,14D,17D,18D,20D,21D;10D2,11D2,14D,17D,18D,20D,21D. The molecule has 0 amide bonds. The van der Waals surface area contributed by atoms with Gasteiger partial charge in [0, 0.05) is 98.1 Å². The van der Waals surface area contributed by atoms with Gasteiger partial charge in [0.25, 0.3) is 0 Å². The van der Waals surface area contributed by atoms with Gasteiger partial charge in [0.05, 0.1) is 100 Å². The van der Waals surface area contributed by atoms with E-state index in [-0.39, 0.29) is 85.0 Å². The SMILES string of the molecule is [2H]C([2H])(C)C([2H])([2H])Sc1nc(N[C@@H]2C[C@@]2([2H])c2ccc(C)c(F)c2)c2nnn([C@]3([2H])C([2H])([2H])[C@]([2H])(OC([2H])([2H])C([2H])([2H])O)[C@@]([2H])(O)[C@@]3([2H])O)c2n1.[2H]C([2H])(CO)O[C@@]1([2H])C([2H])([2H])[C@@]([2H])(n2nnc3c(N[C@@H]4C[C@@]4([2H])c4ccc(C)c(F)c4)nc(SC([2H])([2H])C([2H])([2H])C)nc32)[C@]([2H])(O)[C@]1([2H])O.[2H]C1([2H])[C@@H](Nc2nc(SCCC)nc3c2nnn3[C@]2([2H])C([2H])([2H])[C@]([2H])(OCCO)[C@@]([2H])(O)[C@@]2([2H])O)[C@]1([2H])c1ccc(C)c(F)c1. The average molecular weight is 1590 g/mol. The van der Waals surface area contributed by atoms with Gasteiger partial charge < -0.3 is 76.1 Å². The zero-order valence-electron chi connectivity index (χ0n) is 94.2. The molecule has 30 nitrogen and oxygen atoms in total. The van der Waals surface area contributed by atoms with Crippen LogP contribution in [0.15, 0.2) is 70.1 Å². The van der Waals surface area contributed by atoms with E-state index >= 15 is 0 Å². The monoisotopic (exact) mass is 1590 g/mol. The Morgan fingerprint density at radius 1 is 0.491 bits per heavy atom. The van der Waals surface area contributed by atoms with Crippen LogP contribution in [0.25, 0.3) is 33.5 Å². The van der Waals surface area contributed by atoms with Crippen LogP contribution in [0.5, 0.6) is 0 Å². The summed E-state index contributed by atoms with van der Waals surface area (Å²) in [5, 5.41) is 125. The Bertz CT molecular complexity index is 6570. The van der Waals surface area contributed by atoms with Gasteiger partial charge in [-0.2, -0.15) is 0 Å². The van der Waals surface area contributed by atoms with E-state index in [0.717, 1.165) is 37.7 Å². The molecule has 6 aromatic heterocycles. The van der Waals surface area contributed by atoms with Gasteiger partial charge in [-0.15, -0.1) is 15.3 Å². The third-order valence-corrected chi connectivity index (χ3v) is 18.6. The third kappa shape index (κ3) is 17.5. The van der Waals surface area contributed by atoms with Crippen LogP contribution < -0.4 is 16.0 Å². The van der Waals surface area contributed by atoms with Crippen LogP contribution in [0.2, 0.25) is 0 Å². The second-order valence-electron chi connectivity index (χ2n) is 23.5. The van der Waals surface area contributed by atoms with Crippen molar-refractivity contribution in [2.24, 2.45) is 0 Å². The molecule has 0 radical (unpaired) electrons. The number of anilines is 3. The molecule has 6 heterocycles. The quantitative estimate of drug-likeness (QED) is 0.0168. The Balaban J connectivity index is 0.000000182. The summed E-state index contributed by atoms with van der Waals surface area (Å²) >= 11 is 1.32. The Hall–Kier alpha value is -7.14. The Labute approximate surface area is 685 Å². The number of fused-ring (bicyclic) bond motifs is 3. The Morgan fingerprint density at radius 2 is 0.870 bits per heavy atom. The molecule has 0 saturated heterocycles. The molecule has 0 unspecified atom stereocenters. The number of nitrogens with zero attached hydrogens (tertiary/aromatic N) is 15. The molecule has 6 aliphatic rings. The van der Waals surface area contributed by atoms with Crippen LogP contribution in [0.4, 0.5) is 30.6 Å². The fourth-order valence-electron chi connectivity index (χ4n) is 10.6. The van der Waals surface area contributed by atoms with Crippen LogP contribution in [-0.4, -0.2) is 250 Å². The average Bonchev–Trinajstić information content (AvgIpc) is 1.48. The van der Waals surface area contributed by atoms with Gasteiger partial charge >= 0.3 is 0 Å². The van der Waals surface area contributed by atoms with Gasteiger partial charge in [0.1, 0.15) is 53.9 Å². The summed E-state index contributed by atoms with van der Waals surface area (Å²) in [6.07, 6.45) is -54.8. The predicted molar refractivity (Wildman–Crippen MR) is 398 cm³/mol. The number of hydrogen-bond acceptors (Lipinski definition) is 30. The molecule has 18 atom stereocenters. The lowest BCUT2D eigenvalue weighted by Gasteiger charge is -2.17. The number of aromatic nitrogens is 15. The molecule has 12 N–H and O–H groups in total. The highest BCUT2D eigenvalue weighted by Crippen LogP contribution is 2.48. The number of halogens is 3. The highest BCUT2D eigenvalue weighted by Gasteiger charge is 2.49. The minimum Gasteiger partial charge on any atom is -0.394 e. The zero-order valence-corrected chi connectivity index (χ0v) is 59.6. The Morgan fingerprint density at radius 3 is 1.24 bits per heavy atom. The van der Waals surface area contributed by atoms with Crippen molar-refractivity contribution < 1.29 is 124 Å². The van der Waals surface area contributed by atoms with E-state index in [1.165, 1.54) is 50.2 Å². The van der Waals surface area contributed by atoms with Crippen LogP contribution in [0, 0.1) is 38.2 Å². The molecule has 0 bridgehead atoms. The summed E-state index contributed by atoms with van der Waals surface area (Å²) < 4.78 is 367. The smallest absolute Gasteiger partial charge is 0.191 e. The first kappa shape index (κ1) is 44.8. The second-order valence-corrected chi connectivity index (χ2v) is 26.1. The molecule has 6 saturated carbocycles. The van der Waals surface area contributed by atoms with E-state index in [1.54, 1.807) is 13.0 Å². The first-order chi connectivity index (χ1) is 65.5. The second kappa shape index (κ2) is 35.1. The van der Waals surface area contributed by atoms with Crippen molar-refractivity contribution in [1.29, 1.82) is 0 Å². The molecule has 15 rings (SSSR count). The van der Waals surface area contributed by atoms with E-state index in [2.05, 4.69) is 86.3 Å². The van der Waals surface area contributed by atoms with Crippen LogP contribution in [0.3, 0.4) is 0 Å². The molecular formula is C72H93F3N18O12S3. The van der Waals surface area contributed by atoms with E-state index in [0.29, 0.717) is 39.1 Å². The van der Waals surface area contributed by atoms with Crippen molar-refractivity contribution in [2.75, 3.05) is 72.6 Å². The van der Waals surface area contributed by atoms with Crippen molar-refractivity contribution in [3.8, 4) is 0 Å². The molecule has 3 aromatic carbocycles. The summed E-state index contributed by atoms with van der Waals surface area (Å²) in [5.41, 5.74) is -7.32. The van der Waals surface area contributed by atoms with Crippen molar-refractivity contribution in [3.05, 3.63) is 105 Å². The van der Waals surface area contributed by atoms with Crippen molar-refractivity contribution in [2.45, 2.75) is 223 Å². The van der Waals surface area contributed by atoms with E-state index in [1.807, 2.05) is 6.92 Å². The van der Waals surface area contributed by atoms with Crippen molar-refractivity contribution in [1.82, 2.24) is 74.9 Å². The van der Waals surface area contributed by atoms with Crippen molar-refractivity contribution >= 4 is 86.2 Å². The molecule has 9 aromatic rings. The van der Waals surface area contributed by atoms with Crippen LogP contribution in [-0.2, 0) is 14.2 Å². The zero-order chi connectivity index (χ0) is 110. The molecule has 0 spiro atoms. The predicted octanol–water partition coefficient (Wildman–Crippen LogP) is 6.55. The largest absolute Gasteiger partial charge is 0.394 e. The van der Waals surface area contributed by atoms with E-state index < -0.39 is 253 Å². The first-order valence-corrected chi connectivity index (χ1v) is 35.0. The lowest BCUT2D eigenvalue weighted by molar-refractivity contribution is -0.0629. The number of nitrogens with one attached hydrogen (secondary N) is 3. The summed E-state index contributed by atoms with van der Waals surface area (Å²) in [5.74, 6) is -7.07. The first-order valence-electron chi connectivity index (χ1n) is 50.8. The number of aryl methyl sites for hydroxylation is 3. The number of benzene rings is 3. The number of ether oxygens (including phenoxy) is 3. The summed E-state index contributed by atoms with van der Waals surface area (Å²) in [6, 6.07) is -2.02. The third-order valence-electron chi connectivity index (χ3n) is 16.2. The van der Waals surface area contributed by atoms with Gasteiger partial charge in [-0.25, -0.2) is 57.1 Å². The summed E-state index contributed by atoms with van der Waals surface area (Å²) in [4.78, 5) is 25.1. The van der Waals surface area contributed by atoms with Gasteiger partial charge in [-0.1, -0.05) is 108 Å². The number of thioether (sulfide) groups is 3. The van der Waals surface area contributed by atoms with Crippen molar-refractivity contribution in [3.63, 3.8) is 0 Å².